The molecule has 1 heterocycles. The second-order valence-electron chi connectivity index (χ2n) is 6.18. The van der Waals surface area contributed by atoms with Crippen LogP contribution in [-0.4, -0.2) is 18.8 Å². The summed E-state index contributed by atoms with van der Waals surface area (Å²) in [6.45, 7) is 0.958. The molecular weight excluding hydrogens is 248 g/mol. The Morgan fingerprint density at radius 1 is 1.30 bits per heavy atom. The van der Waals surface area contributed by atoms with Gasteiger partial charge >= 0.3 is 0 Å². The molecule has 1 fully saturated rings. The van der Waals surface area contributed by atoms with E-state index >= 15 is 0 Å². The van der Waals surface area contributed by atoms with Crippen molar-refractivity contribution in [1.29, 1.82) is 0 Å². The molecule has 0 bridgehead atoms. The molecule has 0 amide bonds. The van der Waals surface area contributed by atoms with E-state index in [1.54, 1.807) is 0 Å². The summed E-state index contributed by atoms with van der Waals surface area (Å²) >= 11 is 0. The number of benzene rings is 1. The highest BCUT2D eigenvalue weighted by atomic mass is 16.5. The van der Waals surface area contributed by atoms with E-state index in [0.29, 0.717) is 18.1 Å². The number of fused-ring (bicyclic) bond motifs is 1. The molecule has 1 aliphatic heterocycles. The van der Waals surface area contributed by atoms with Crippen molar-refractivity contribution in [2.75, 3.05) is 6.61 Å². The van der Waals surface area contributed by atoms with Crippen molar-refractivity contribution in [3.63, 3.8) is 0 Å². The van der Waals surface area contributed by atoms with Gasteiger partial charge in [-0.25, -0.2) is 0 Å². The summed E-state index contributed by atoms with van der Waals surface area (Å²) in [6.07, 6.45) is 8.95. The van der Waals surface area contributed by atoms with Gasteiger partial charge in [0.15, 0.2) is 0 Å². The minimum absolute atomic E-state index is 0.403. The van der Waals surface area contributed by atoms with Crippen molar-refractivity contribution in [1.82, 2.24) is 5.43 Å². The smallest absolute Gasteiger partial charge is 0.0576 e. The molecule has 1 aromatic rings. The molecule has 3 unspecified atom stereocenters. The highest BCUT2D eigenvalue weighted by Gasteiger charge is 2.28. The van der Waals surface area contributed by atoms with Crippen LogP contribution >= 0.6 is 0 Å². The van der Waals surface area contributed by atoms with E-state index in [-0.39, 0.29) is 0 Å². The van der Waals surface area contributed by atoms with E-state index in [4.69, 9.17) is 10.6 Å². The number of hydrazine groups is 1. The fourth-order valence-electron chi connectivity index (χ4n) is 3.85. The maximum Gasteiger partial charge on any atom is 0.0576 e. The third-order valence-corrected chi connectivity index (χ3v) is 4.94. The first-order valence-electron chi connectivity index (χ1n) is 8.04. The normalized spacial score (nSPS) is 26.6. The van der Waals surface area contributed by atoms with Gasteiger partial charge < -0.3 is 4.74 Å². The van der Waals surface area contributed by atoms with Crippen molar-refractivity contribution in [3.05, 3.63) is 35.4 Å². The second-order valence-corrected chi connectivity index (χ2v) is 6.18. The first-order chi connectivity index (χ1) is 9.88. The van der Waals surface area contributed by atoms with Crippen LogP contribution in [0.1, 0.15) is 55.6 Å². The standard InChI is InChI=1S/C17H26N2O/c18-19-17(9-3-6-14-7-4-12-20-14)16-11-10-13-5-1-2-8-15(13)16/h1-2,5,8,14,16-17,19H,3-4,6-7,9-12,18H2. The molecule has 1 saturated heterocycles. The lowest BCUT2D eigenvalue weighted by atomic mass is 9.89. The predicted molar refractivity (Wildman–Crippen MR) is 81.4 cm³/mol. The molecular formula is C17H26N2O. The predicted octanol–water partition coefficient (Wildman–Crippen LogP) is 2.90. The Kier molecular flexibility index (Phi) is 4.71. The molecule has 0 saturated carbocycles. The van der Waals surface area contributed by atoms with Crippen LogP contribution in [0.3, 0.4) is 0 Å². The van der Waals surface area contributed by atoms with Crippen LogP contribution < -0.4 is 11.3 Å². The fourth-order valence-corrected chi connectivity index (χ4v) is 3.85. The highest BCUT2D eigenvalue weighted by molar-refractivity contribution is 5.35. The largest absolute Gasteiger partial charge is 0.378 e. The lowest BCUT2D eigenvalue weighted by Crippen LogP contribution is -2.39. The van der Waals surface area contributed by atoms with Gasteiger partial charge in [-0.2, -0.15) is 0 Å². The Morgan fingerprint density at radius 3 is 3.00 bits per heavy atom. The molecule has 3 atom stereocenters. The van der Waals surface area contributed by atoms with Crippen LogP contribution in [0.15, 0.2) is 24.3 Å². The van der Waals surface area contributed by atoms with Crippen LogP contribution in [0.2, 0.25) is 0 Å². The van der Waals surface area contributed by atoms with Crippen LogP contribution in [0.25, 0.3) is 0 Å². The molecule has 3 N–H and O–H groups in total. The lowest BCUT2D eigenvalue weighted by Gasteiger charge is -2.24. The minimum Gasteiger partial charge on any atom is -0.378 e. The van der Waals surface area contributed by atoms with Crippen molar-refractivity contribution in [2.24, 2.45) is 5.84 Å². The molecule has 0 radical (unpaired) electrons. The molecule has 0 aromatic heterocycles. The summed E-state index contributed by atoms with van der Waals surface area (Å²) in [5.74, 6) is 6.41. The van der Waals surface area contributed by atoms with E-state index in [9.17, 15) is 0 Å². The van der Waals surface area contributed by atoms with Crippen molar-refractivity contribution in [3.8, 4) is 0 Å². The summed E-state index contributed by atoms with van der Waals surface area (Å²) in [4.78, 5) is 0. The zero-order valence-corrected chi connectivity index (χ0v) is 12.2. The van der Waals surface area contributed by atoms with Crippen molar-refractivity contribution >= 4 is 0 Å². The van der Waals surface area contributed by atoms with Crippen LogP contribution in [0, 0.1) is 0 Å². The number of aryl methyl sites for hydroxylation is 1. The Morgan fingerprint density at radius 2 is 2.20 bits per heavy atom. The molecule has 110 valence electrons. The van der Waals surface area contributed by atoms with Gasteiger partial charge in [0.05, 0.1) is 6.10 Å². The first kappa shape index (κ1) is 14.1. The summed E-state index contributed by atoms with van der Waals surface area (Å²) in [6, 6.07) is 9.23. The third-order valence-electron chi connectivity index (χ3n) is 4.94. The van der Waals surface area contributed by atoms with E-state index in [0.717, 1.165) is 13.0 Å². The molecule has 20 heavy (non-hydrogen) atoms. The van der Waals surface area contributed by atoms with Gasteiger partial charge in [0, 0.05) is 18.6 Å². The number of ether oxygens (including phenoxy) is 1. The average molecular weight is 274 g/mol. The molecule has 3 heteroatoms. The topological polar surface area (TPSA) is 47.3 Å². The SMILES string of the molecule is NNC(CCCC1CCCO1)C1CCc2ccccc21. The minimum atomic E-state index is 0.403. The summed E-state index contributed by atoms with van der Waals surface area (Å²) in [5, 5.41) is 0. The fraction of sp³-hybridized carbons (Fsp3) is 0.647. The Hall–Kier alpha value is -0.900. The maximum absolute atomic E-state index is 5.82. The zero-order valence-electron chi connectivity index (χ0n) is 12.2. The number of rotatable bonds is 6. The molecule has 2 aliphatic rings. The van der Waals surface area contributed by atoms with E-state index in [2.05, 4.69) is 29.7 Å². The molecule has 3 rings (SSSR count). The van der Waals surface area contributed by atoms with Crippen molar-refractivity contribution < 1.29 is 4.74 Å². The van der Waals surface area contributed by atoms with Gasteiger partial charge in [-0.1, -0.05) is 24.3 Å². The number of hydrogen-bond acceptors (Lipinski definition) is 3. The van der Waals surface area contributed by atoms with Gasteiger partial charge in [0.2, 0.25) is 0 Å². The highest BCUT2D eigenvalue weighted by Crippen LogP contribution is 2.36. The summed E-state index contributed by atoms with van der Waals surface area (Å²) in [7, 11) is 0. The van der Waals surface area contributed by atoms with Gasteiger partial charge in [-0.15, -0.1) is 0 Å². The average Bonchev–Trinajstić information content (AvgIpc) is 3.13. The Labute approximate surface area is 121 Å². The van der Waals surface area contributed by atoms with Crippen LogP contribution in [0.4, 0.5) is 0 Å². The van der Waals surface area contributed by atoms with Gasteiger partial charge in [-0.05, 0) is 56.1 Å². The molecule has 1 aromatic carbocycles. The van der Waals surface area contributed by atoms with Crippen LogP contribution in [-0.2, 0) is 11.2 Å². The quantitative estimate of drug-likeness (QED) is 0.619. The van der Waals surface area contributed by atoms with Gasteiger partial charge in [0.1, 0.15) is 0 Å². The molecule has 3 nitrogen and oxygen atoms in total. The van der Waals surface area contributed by atoms with Gasteiger partial charge in [-0.3, -0.25) is 11.3 Å². The van der Waals surface area contributed by atoms with E-state index in [1.807, 2.05) is 0 Å². The Balaban J connectivity index is 1.54. The summed E-state index contributed by atoms with van der Waals surface area (Å²) < 4.78 is 5.70. The van der Waals surface area contributed by atoms with E-state index in [1.165, 1.54) is 49.7 Å². The second kappa shape index (κ2) is 6.70. The van der Waals surface area contributed by atoms with Gasteiger partial charge in [0.25, 0.3) is 0 Å². The van der Waals surface area contributed by atoms with E-state index < -0.39 is 0 Å². The number of nitrogens with one attached hydrogen (secondary N) is 1. The first-order valence-corrected chi connectivity index (χ1v) is 8.04. The molecule has 1 aliphatic carbocycles. The zero-order chi connectivity index (χ0) is 13.8. The number of hydrogen-bond donors (Lipinski definition) is 2. The molecule has 0 spiro atoms. The van der Waals surface area contributed by atoms with Crippen molar-refractivity contribution in [2.45, 2.75) is 63.0 Å². The summed E-state index contributed by atoms with van der Waals surface area (Å²) in [5.41, 5.74) is 6.09. The van der Waals surface area contributed by atoms with Crippen LogP contribution in [0.5, 0.6) is 0 Å². The Bertz CT molecular complexity index is 429. The maximum atomic E-state index is 5.82. The number of nitrogens with two attached hydrogens (primary N) is 1. The lowest BCUT2D eigenvalue weighted by molar-refractivity contribution is 0.101. The monoisotopic (exact) mass is 274 g/mol. The third kappa shape index (κ3) is 3.05.